The van der Waals surface area contributed by atoms with Gasteiger partial charge in [-0.3, -0.25) is 0 Å². The fourth-order valence-corrected chi connectivity index (χ4v) is 5.67. The van der Waals surface area contributed by atoms with Crippen LogP contribution < -0.4 is 5.32 Å². The fourth-order valence-electron chi connectivity index (χ4n) is 4.75. The Labute approximate surface area is 224 Å². The standard InChI is InChI=1S/C32H35NO3S/c1-23(20-30(25-12-16-27(34)17-13-25)26-14-18-28(35)19-15-26)32(33-21-24-8-4-2-5-9-24)31(36)22-37-29-10-6-3-7-11-29/h2-19,23,30-36H,20-22H2,1H3. The highest BCUT2D eigenvalue weighted by atomic mass is 32.2. The highest BCUT2D eigenvalue weighted by Crippen LogP contribution is 2.35. The zero-order valence-electron chi connectivity index (χ0n) is 21.1. The largest absolute Gasteiger partial charge is 0.508 e. The Kier molecular flexibility index (Phi) is 9.66. The molecule has 192 valence electrons. The van der Waals surface area contributed by atoms with E-state index in [4.69, 9.17) is 0 Å². The maximum absolute atomic E-state index is 11.4. The molecule has 0 bridgehead atoms. The number of nitrogens with one attached hydrogen (secondary N) is 1. The Bertz CT molecular complexity index is 1160. The molecule has 4 aromatic carbocycles. The molecule has 4 N–H and O–H groups in total. The molecule has 0 fully saturated rings. The minimum Gasteiger partial charge on any atom is -0.508 e. The van der Waals surface area contributed by atoms with E-state index in [1.165, 1.54) is 5.56 Å². The summed E-state index contributed by atoms with van der Waals surface area (Å²) in [5.41, 5.74) is 3.35. The van der Waals surface area contributed by atoms with Crippen molar-refractivity contribution in [3.8, 4) is 11.5 Å². The summed E-state index contributed by atoms with van der Waals surface area (Å²) in [4.78, 5) is 1.14. The van der Waals surface area contributed by atoms with Crippen molar-refractivity contribution in [1.82, 2.24) is 5.32 Å². The molecule has 0 radical (unpaired) electrons. The SMILES string of the molecule is CC(CC(c1ccc(O)cc1)c1ccc(O)cc1)C(NCc1ccccc1)C(O)CSc1ccccc1. The van der Waals surface area contributed by atoms with Crippen molar-refractivity contribution >= 4 is 11.8 Å². The number of phenolic OH excluding ortho intramolecular Hbond substituents is 2. The molecule has 0 aliphatic heterocycles. The Morgan fingerprint density at radius 1 is 0.703 bits per heavy atom. The van der Waals surface area contributed by atoms with Crippen LogP contribution in [0.5, 0.6) is 11.5 Å². The Hall–Kier alpha value is -3.25. The lowest BCUT2D eigenvalue weighted by Crippen LogP contribution is -2.46. The number of aliphatic hydroxyl groups excluding tert-OH is 1. The molecule has 3 unspecified atom stereocenters. The van der Waals surface area contributed by atoms with Gasteiger partial charge in [0.1, 0.15) is 11.5 Å². The molecule has 0 amide bonds. The summed E-state index contributed by atoms with van der Waals surface area (Å²) in [5, 5.41) is 34.7. The average Bonchev–Trinajstić information content (AvgIpc) is 2.93. The first-order valence-electron chi connectivity index (χ1n) is 12.7. The third-order valence-electron chi connectivity index (χ3n) is 6.77. The minimum atomic E-state index is -0.552. The van der Waals surface area contributed by atoms with Crippen LogP contribution in [-0.2, 0) is 6.54 Å². The number of phenols is 2. The normalized spacial score (nSPS) is 13.8. The van der Waals surface area contributed by atoms with Gasteiger partial charge < -0.3 is 20.6 Å². The number of thioether (sulfide) groups is 1. The van der Waals surface area contributed by atoms with Crippen LogP contribution in [-0.4, -0.2) is 33.2 Å². The van der Waals surface area contributed by atoms with Crippen molar-refractivity contribution in [2.24, 2.45) is 5.92 Å². The third kappa shape index (κ3) is 7.86. The van der Waals surface area contributed by atoms with Gasteiger partial charge in [0.2, 0.25) is 0 Å². The molecule has 0 heterocycles. The summed E-state index contributed by atoms with van der Waals surface area (Å²) < 4.78 is 0. The Balaban J connectivity index is 1.55. The van der Waals surface area contributed by atoms with Crippen molar-refractivity contribution in [3.05, 3.63) is 126 Å². The molecular weight excluding hydrogens is 478 g/mol. The van der Waals surface area contributed by atoms with Gasteiger partial charge in [0, 0.05) is 29.2 Å². The summed E-state index contributed by atoms with van der Waals surface area (Å²) in [6.45, 7) is 2.86. The van der Waals surface area contributed by atoms with Crippen LogP contribution in [0.15, 0.2) is 114 Å². The lowest BCUT2D eigenvalue weighted by molar-refractivity contribution is 0.115. The quantitative estimate of drug-likeness (QED) is 0.161. The maximum Gasteiger partial charge on any atom is 0.115 e. The van der Waals surface area contributed by atoms with Gasteiger partial charge in [-0.1, -0.05) is 79.7 Å². The molecular formula is C32H35NO3S. The zero-order chi connectivity index (χ0) is 26.0. The van der Waals surface area contributed by atoms with Gasteiger partial charge in [-0.15, -0.1) is 11.8 Å². The van der Waals surface area contributed by atoms with E-state index < -0.39 is 6.10 Å². The van der Waals surface area contributed by atoms with E-state index >= 15 is 0 Å². The van der Waals surface area contributed by atoms with Gasteiger partial charge >= 0.3 is 0 Å². The lowest BCUT2D eigenvalue weighted by atomic mass is 9.80. The first-order chi connectivity index (χ1) is 18.0. The minimum absolute atomic E-state index is 0.0474. The summed E-state index contributed by atoms with van der Waals surface area (Å²) >= 11 is 1.67. The zero-order valence-corrected chi connectivity index (χ0v) is 21.9. The first-order valence-corrected chi connectivity index (χ1v) is 13.7. The highest BCUT2D eigenvalue weighted by molar-refractivity contribution is 7.99. The van der Waals surface area contributed by atoms with Crippen LogP contribution in [0, 0.1) is 5.92 Å². The van der Waals surface area contributed by atoms with Crippen molar-refractivity contribution in [2.75, 3.05) is 5.75 Å². The molecule has 0 aliphatic carbocycles. The number of hydrogen-bond acceptors (Lipinski definition) is 5. The lowest BCUT2D eigenvalue weighted by Gasteiger charge is -2.32. The first kappa shape index (κ1) is 26.8. The predicted octanol–water partition coefficient (Wildman–Crippen LogP) is 6.57. The summed E-state index contributed by atoms with van der Waals surface area (Å²) in [6.07, 6.45) is 0.235. The number of aliphatic hydroxyl groups is 1. The highest BCUT2D eigenvalue weighted by Gasteiger charge is 2.28. The molecule has 0 aliphatic rings. The summed E-state index contributed by atoms with van der Waals surface area (Å²) in [6, 6.07) is 34.9. The molecule has 0 saturated heterocycles. The monoisotopic (exact) mass is 513 g/mol. The summed E-state index contributed by atoms with van der Waals surface area (Å²) in [7, 11) is 0. The molecule has 37 heavy (non-hydrogen) atoms. The van der Waals surface area contributed by atoms with Crippen LogP contribution in [0.1, 0.15) is 36.0 Å². The molecule has 4 rings (SSSR count). The Morgan fingerprint density at radius 3 is 1.76 bits per heavy atom. The third-order valence-corrected chi connectivity index (χ3v) is 7.89. The van der Waals surface area contributed by atoms with E-state index in [1.807, 2.05) is 60.7 Å². The smallest absolute Gasteiger partial charge is 0.115 e. The van der Waals surface area contributed by atoms with Gasteiger partial charge in [0.15, 0.2) is 0 Å². The fraction of sp³-hybridized carbons (Fsp3) is 0.250. The number of hydrogen-bond donors (Lipinski definition) is 4. The van der Waals surface area contributed by atoms with Crippen LogP contribution >= 0.6 is 11.8 Å². The second-order valence-electron chi connectivity index (χ2n) is 9.53. The Morgan fingerprint density at radius 2 is 1.22 bits per heavy atom. The van der Waals surface area contributed by atoms with E-state index in [0.29, 0.717) is 12.3 Å². The number of aromatic hydroxyl groups is 2. The molecule has 4 nitrogen and oxygen atoms in total. The molecule has 0 spiro atoms. The van der Waals surface area contributed by atoms with Crippen LogP contribution in [0.2, 0.25) is 0 Å². The van der Waals surface area contributed by atoms with Crippen molar-refractivity contribution in [2.45, 2.75) is 42.8 Å². The van der Waals surface area contributed by atoms with E-state index in [9.17, 15) is 15.3 Å². The van der Waals surface area contributed by atoms with Gasteiger partial charge in [-0.25, -0.2) is 0 Å². The van der Waals surface area contributed by atoms with Crippen LogP contribution in [0.3, 0.4) is 0 Å². The van der Waals surface area contributed by atoms with Gasteiger partial charge in [-0.05, 0) is 65.4 Å². The van der Waals surface area contributed by atoms with E-state index in [2.05, 4.69) is 36.5 Å². The van der Waals surface area contributed by atoms with Crippen molar-refractivity contribution in [3.63, 3.8) is 0 Å². The van der Waals surface area contributed by atoms with Crippen molar-refractivity contribution in [1.29, 1.82) is 0 Å². The van der Waals surface area contributed by atoms with Gasteiger partial charge in [0.25, 0.3) is 0 Å². The summed E-state index contributed by atoms with van der Waals surface area (Å²) in [5.74, 6) is 1.23. The molecule has 4 aromatic rings. The second-order valence-corrected chi connectivity index (χ2v) is 10.6. The second kappa shape index (κ2) is 13.3. The molecule has 5 heteroatoms. The van der Waals surface area contributed by atoms with Gasteiger partial charge in [0.05, 0.1) is 6.10 Å². The van der Waals surface area contributed by atoms with Crippen LogP contribution in [0.25, 0.3) is 0 Å². The number of rotatable bonds is 12. The van der Waals surface area contributed by atoms with E-state index in [1.54, 1.807) is 36.0 Å². The van der Waals surface area contributed by atoms with Gasteiger partial charge in [-0.2, -0.15) is 0 Å². The molecule has 3 atom stereocenters. The average molecular weight is 514 g/mol. The molecule has 0 saturated carbocycles. The van der Waals surface area contributed by atoms with E-state index in [0.717, 1.165) is 22.4 Å². The van der Waals surface area contributed by atoms with E-state index in [-0.39, 0.29) is 29.4 Å². The van der Waals surface area contributed by atoms with Crippen molar-refractivity contribution < 1.29 is 15.3 Å². The topological polar surface area (TPSA) is 72.7 Å². The molecule has 0 aromatic heterocycles. The predicted molar refractivity (Wildman–Crippen MR) is 152 cm³/mol. The maximum atomic E-state index is 11.4. The van der Waals surface area contributed by atoms with Crippen LogP contribution in [0.4, 0.5) is 0 Å². The number of benzene rings is 4.